The Morgan fingerprint density at radius 1 is 0.946 bits per heavy atom. The first-order chi connectivity index (χ1) is 18.0. The number of rotatable bonds is 6. The number of hydrogen-bond donors (Lipinski definition) is 2. The highest BCUT2D eigenvalue weighted by Gasteiger charge is 2.36. The lowest BCUT2D eigenvalue weighted by Crippen LogP contribution is -2.46. The number of amides is 3. The van der Waals surface area contributed by atoms with Crippen molar-refractivity contribution in [1.29, 1.82) is 0 Å². The fourth-order valence-corrected chi connectivity index (χ4v) is 4.32. The number of nitrogens with zero attached hydrogens (tertiary/aromatic N) is 3. The van der Waals surface area contributed by atoms with Gasteiger partial charge in [0.1, 0.15) is 11.9 Å². The summed E-state index contributed by atoms with van der Waals surface area (Å²) in [7, 11) is 0. The van der Waals surface area contributed by atoms with E-state index >= 15 is 0 Å². The van der Waals surface area contributed by atoms with Gasteiger partial charge in [0.2, 0.25) is 5.91 Å². The van der Waals surface area contributed by atoms with Crippen molar-refractivity contribution in [2.24, 2.45) is 0 Å². The maximum atomic E-state index is 13.7. The summed E-state index contributed by atoms with van der Waals surface area (Å²) in [6.45, 7) is 0.161. The van der Waals surface area contributed by atoms with Crippen molar-refractivity contribution < 1.29 is 14.4 Å². The Bertz CT molecular complexity index is 1450. The molecule has 9 heteroatoms. The van der Waals surface area contributed by atoms with Crippen LogP contribution in [0.25, 0.3) is 0 Å². The number of anilines is 2. The molecule has 0 fully saturated rings. The molecule has 8 nitrogen and oxygen atoms in total. The quantitative estimate of drug-likeness (QED) is 0.394. The topological polar surface area (TPSA) is 104 Å². The molecule has 1 aliphatic rings. The molecule has 4 aromatic rings. The summed E-state index contributed by atoms with van der Waals surface area (Å²) in [5.74, 6) is -0.475. The monoisotopic (exact) mass is 511 g/mol. The van der Waals surface area contributed by atoms with Crippen molar-refractivity contribution in [2.45, 2.75) is 19.0 Å². The van der Waals surface area contributed by atoms with Crippen LogP contribution in [0.3, 0.4) is 0 Å². The highest BCUT2D eigenvalue weighted by Crippen LogP contribution is 2.28. The molecule has 3 amide bonds. The number of benzene rings is 2. The van der Waals surface area contributed by atoms with E-state index in [0.29, 0.717) is 33.3 Å². The molecule has 0 saturated carbocycles. The lowest BCUT2D eigenvalue weighted by molar-refractivity contribution is -0.120. The lowest BCUT2D eigenvalue weighted by Gasteiger charge is -2.28. The summed E-state index contributed by atoms with van der Waals surface area (Å²) in [4.78, 5) is 49.6. The number of carbonyl (C=O) groups is 3. The van der Waals surface area contributed by atoms with Gasteiger partial charge in [-0.3, -0.25) is 19.4 Å². The van der Waals surface area contributed by atoms with Crippen LogP contribution in [0.15, 0.2) is 91.3 Å². The first-order valence-electron chi connectivity index (χ1n) is 11.6. The molecule has 0 radical (unpaired) electrons. The van der Waals surface area contributed by atoms with Crippen molar-refractivity contribution in [3.63, 3.8) is 0 Å². The van der Waals surface area contributed by atoms with E-state index in [9.17, 15) is 14.4 Å². The van der Waals surface area contributed by atoms with Crippen molar-refractivity contribution in [1.82, 2.24) is 14.9 Å². The highest BCUT2D eigenvalue weighted by atomic mass is 35.5. The number of hydrogen-bond acceptors (Lipinski definition) is 5. The molecule has 0 unspecified atom stereocenters. The van der Waals surface area contributed by atoms with Crippen LogP contribution in [-0.2, 0) is 17.8 Å². The van der Waals surface area contributed by atoms with E-state index in [1.165, 1.54) is 4.90 Å². The molecule has 2 N–H and O–H groups in total. The second kappa shape index (κ2) is 10.6. The molecule has 5 rings (SSSR count). The Balaban J connectivity index is 1.42. The minimum Gasteiger partial charge on any atom is -0.323 e. The van der Waals surface area contributed by atoms with Gasteiger partial charge < -0.3 is 15.5 Å². The fourth-order valence-electron chi connectivity index (χ4n) is 4.15. The second-order valence-electron chi connectivity index (χ2n) is 8.52. The molecule has 2 aromatic carbocycles. The highest BCUT2D eigenvalue weighted by molar-refractivity contribution is 6.31. The van der Waals surface area contributed by atoms with Crippen molar-refractivity contribution in [3.8, 4) is 0 Å². The van der Waals surface area contributed by atoms with Gasteiger partial charge in [-0.05, 0) is 60.2 Å². The predicted octanol–water partition coefficient (Wildman–Crippen LogP) is 4.59. The second-order valence-corrected chi connectivity index (χ2v) is 8.96. The van der Waals surface area contributed by atoms with E-state index in [0.717, 1.165) is 5.56 Å². The minimum atomic E-state index is -0.805. The standard InChI is InChI=1S/C28H22ClN5O3/c29-20-11-12-22-23(15-20)32-27(36)24(16-21-5-1-3-13-30-21)34(28(22)37)17-18-7-9-19(10-8-18)26(35)33-25-6-2-4-14-31-25/h1-15,24H,16-17H2,(H,32,36)(H,31,33,35)/t24-/m1/s1. The molecule has 0 saturated heterocycles. The van der Waals surface area contributed by atoms with Crippen LogP contribution in [0, 0.1) is 0 Å². The Morgan fingerprint density at radius 3 is 2.41 bits per heavy atom. The molecule has 0 bridgehead atoms. The van der Waals surface area contributed by atoms with Crippen LogP contribution in [-0.4, -0.2) is 38.6 Å². The smallest absolute Gasteiger partial charge is 0.256 e. The summed E-state index contributed by atoms with van der Waals surface area (Å²) < 4.78 is 0. The average molecular weight is 512 g/mol. The summed E-state index contributed by atoms with van der Waals surface area (Å²) in [6.07, 6.45) is 3.49. The lowest BCUT2D eigenvalue weighted by atomic mass is 10.0. The molecule has 0 aliphatic carbocycles. The Kier molecular flexibility index (Phi) is 6.91. The van der Waals surface area contributed by atoms with Gasteiger partial charge in [0.15, 0.2) is 0 Å². The molecule has 37 heavy (non-hydrogen) atoms. The predicted molar refractivity (Wildman–Crippen MR) is 140 cm³/mol. The summed E-state index contributed by atoms with van der Waals surface area (Å²) in [6, 6.07) is 21.6. The van der Waals surface area contributed by atoms with Gasteiger partial charge in [-0.15, -0.1) is 0 Å². The van der Waals surface area contributed by atoms with E-state index in [2.05, 4.69) is 20.6 Å². The van der Waals surface area contributed by atoms with E-state index < -0.39 is 6.04 Å². The first-order valence-corrected chi connectivity index (χ1v) is 12.0. The summed E-state index contributed by atoms with van der Waals surface area (Å²) in [5.41, 5.74) is 2.62. The molecular formula is C28H22ClN5O3. The fraction of sp³-hybridized carbons (Fsp3) is 0.107. The van der Waals surface area contributed by atoms with Crippen molar-refractivity contribution in [3.05, 3.63) is 119 Å². The third-order valence-corrected chi connectivity index (χ3v) is 6.25. The molecule has 1 atom stereocenters. The largest absolute Gasteiger partial charge is 0.323 e. The normalized spacial score (nSPS) is 14.9. The number of nitrogens with one attached hydrogen (secondary N) is 2. The van der Waals surface area contributed by atoms with Gasteiger partial charge >= 0.3 is 0 Å². The van der Waals surface area contributed by atoms with Crippen LogP contribution in [0.4, 0.5) is 11.5 Å². The van der Waals surface area contributed by atoms with Crippen LogP contribution in [0.5, 0.6) is 0 Å². The molecular weight excluding hydrogens is 490 g/mol. The minimum absolute atomic E-state index is 0.161. The van der Waals surface area contributed by atoms with Gasteiger partial charge in [-0.1, -0.05) is 35.9 Å². The van der Waals surface area contributed by atoms with Crippen LogP contribution >= 0.6 is 11.6 Å². The van der Waals surface area contributed by atoms with E-state index in [-0.39, 0.29) is 30.7 Å². The molecule has 0 spiro atoms. The maximum absolute atomic E-state index is 13.7. The van der Waals surface area contributed by atoms with E-state index in [1.54, 1.807) is 79.1 Å². The third kappa shape index (κ3) is 5.49. The summed E-state index contributed by atoms with van der Waals surface area (Å²) >= 11 is 6.13. The van der Waals surface area contributed by atoms with Crippen molar-refractivity contribution >= 4 is 40.8 Å². The van der Waals surface area contributed by atoms with Crippen LogP contribution in [0.1, 0.15) is 32.0 Å². The zero-order chi connectivity index (χ0) is 25.8. The van der Waals surface area contributed by atoms with Gasteiger partial charge in [0, 0.05) is 41.6 Å². The van der Waals surface area contributed by atoms with Gasteiger partial charge in [0.25, 0.3) is 11.8 Å². The van der Waals surface area contributed by atoms with E-state index in [1.807, 2.05) is 12.1 Å². The van der Waals surface area contributed by atoms with Crippen LogP contribution < -0.4 is 10.6 Å². The third-order valence-electron chi connectivity index (χ3n) is 6.01. The average Bonchev–Trinajstić information content (AvgIpc) is 3.00. The zero-order valence-corrected chi connectivity index (χ0v) is 20.4. The SMILES string of the molecule is O=C(Nc1ccccn1)c1ccc(CN2C(=O)c3ccc(Cl)cc3NC(=O)[C@H]2Cc2ccccn2)cc1. The first kappa shape index (κ1) is 24.1. The molecule has 1 aliphatic heterocycles. The van der Waals surface area contributed by atoms with Gasteiger partial charge in [-0.2, -0.15) is 0 Å². The number of fused-ring (bicyclic) bond motifs is 1. The van der Waals surface area contributed by atoms with Gasteiger partial charge in [0.05, 0.1) is 11.3 Å². The number of aromatic nitrogens is 2. The Morgan fingerprint density at radius 2 is 1.70 bits per heavy atom. The Labute approximate surface area is 218 Å². The number of halogens is 1. The van der Waals surface area contributed by atoms with Gasteiger partial charge in [-0.25, -0.2) is 4.98 Å². The number of pyridine rings is 2. The van der Waals surface area contributed by atoms with Crippen molar-refractivity contribution in [2.75, 3.05) is 10.6 Å². The molecule has 3 heterocycles. The summed E-state index contributed by atoms with van der Waals surface area (Å²) in [5, 5.41) is 6.02. The van der Waals surface area contributed by atoms with E-state index in [4.69, 9.17) is 11.6 Å². The molecule has 184 valence electrons. The zero-order valence-electron chi connectivity index (χ0n) is 19.6. The van der Waals surface area contributed by atoms with Crippen LogP contribution in [0.2, 0.25) is 5.02 Å². The maximum Gasteiger partial charge on any atom is 0.256 e. The molecule has 2 aromatic heterocycles. The Hall–Kier alpha value is -4.56. The number of carbonyl (C=O) groups excluding carboxylic acids is 3.